The number of ether oxygens (including phenoxy) is 1. The molecule has 3 aliphatic heterocycles. The number of benzene rings is 2. The Hall–Kier alpha value is -2.97. The van der Waals surface area contributed by atoms with E-state index < -0.39 is 11.5 Å². The molecule has 0 spiro atoms. The van der Waals surface area contributed by atoms with Crippen molar-refractivity contribution in [2.45, 2.75) is 44.2 Å². The van der Waals surface area contributed by atoms with Crippen molar-refractivity contribution in [1.82, 2.24) is 9.80 Å². The number of piperazine rings is 1. The summed E-state index contributed by atoms with van der Waals surface area (Å²) in [6.45, 7) is 7.90. The van der Waals surface area contributed by atoms with E-state index in [4.69, 9.17) is 9.84 Å². The Balaban J connectivity index is 1.44. The SMILES string of the molecule is CC(=O)N1CCN(CCC[C@]2(c3ccccc3)C([C@@H](C)O)=NN3c4cc(F)ccc4OC[C@H]32)CC1. The van der Waals surface area contributed by atoms with Crippen LogP contribution in [0.15, 0.2) is 53.6 Å². The van der Waals surface area contributed by atoms with E-state index in [0.29, 0.717) is 23.8 Å². The number of halogens is 1. The lowest BCUT2D eigenvalue weighted by Gasteiger charge is -2.42. The maximum absolute atomic E-state index is 14.2. The number of nitrogens with zero attached hydrogens (tertiary/aromatic N) is 4. The van der Waals surface area contributed by atoms with E-state index in [9.17, 15) is 14.3 Å². The van der Waals surface area contributed by atoms with Gasteiger partial charge in [0.15, 0.2) is 0 Å². The van der Waals surface area contributed by atoms with Gasteiger partial charge in [-0.25, -0.2) is 4.39 Å². The summed E-state index contributed by atoms with van der Waals surface area (Å²) in [6, 6.07) is 14.5. The molecule has 0 aromatic heterocycles. The van der Waals surface area contributed by atoms with Gasteiger partial charge in [0.05, 0.1) is 17.2 Å². The number of aliphatic hydroxyl groups excluding tert-OH is 1. The molecule has 0 aliphatic carbocycles. The van der Waals surface area contributed by atoms with Crippen LogP contribution in [-0.2, 0) is 10.2 Å². The van der Waals surface area contributed by atoms with Gasteiger partial charge < -0.3 is 14.7 Å². The summed E-state index contributed by atoms with van der Waals surface area (Å²) in [5.74, 6) is 0.387. The number of hydrogen-bond donors (Lipinski definition) is 1. The van der Waals surface area contributed by atoms with Crippen molar-refractivity contribution in [2.75, 3.05) is 44.3 Å². The molecule has 35 heavy (non-hydrogen) atoms. The number of carbonyl (C=O) groups is 1. The minimum atomic E-state index is -0.767. The Morgan fingerprint density at radius 3 is 2.63 bits per heavy atom. The molecule has 5 rings (SSSR count). The standard InChI is InChI=1S/C27H33FN4O3/c1-19(33)26-27(21-7-4-3-5-8-21,11-6-12-30-13-15-31(16-14-30)20(2)34)25-18-35-24-10-9-22(28)17-23(24)32(25)29-26/h3-5,7-10,17,19,25,33H,6,11-16,18H2,1-2H3/t19-,25+,27-/m1/s1. The van der Waals surface area contributed by atoms with Gasteiger partial charge in [-0.05, 0) is 44.0 Å². The van der Waals surface area contributed by atoms with Gasteiger partial charge >= 0.3 is 0 Å². The van der Waals surface area contributed by atoms with Gasteiger partial charge in [0.25, 0.3) is 0 Å². The molecule has 2 aromatic rings. The van der Waals surface area contributed by atoms with E-state index in [1.54, 1.807) is 19.9 Å². The highest BCUT2D eigenvalue weighted by Gasteiger charge is 2.55. The van der Waals surface area contributed by atoms with Gasteiger partial charge in [0.1, 0.15) is 29.9 Å². The van der Waals surface area contributed by atoms with Crippen LogP contribution >= 0.6 is 0 Å². The largest absolute Gasteiger partial charge is 0.489 e. The Morgan fingerprint density at radius 1 is 1.20 bits per heavy atom. The summed E-state index contributed by atoms with van der Waals surface area (Å²) >= 11 is 0. The summed E-state index contributed by atoms with van der Waals surface area (Å²) in [7, 11) is 0. The maximum atomic E-state index is 14.2. The highest BCUT2D eigenvalue weighted by molar-refractivity contribution is 6.02. The van der Waals surface area contributed by atoms with Crippen molar-refractivity contribution in [3.63, 3.8) is 0 Å². The number of rotatable bonds is 6. The van der Waals surface area contributed by atoms with Crippen LogP contribution < -0.4 is 9.75 Å². The third-order valence-electron chi connectivity index (χ3n) is 7.65. The van der Waals surface area contributed by atoms with E-state index >= 15 is 0 Å². The van der Waals surface area contributed by atoms with Crippen LogP contribution in [0.2, 0.25) is 0 Å². The van der Waals surface area contributed by atoms with Crippen LogP contribution in [0.4, 0.5) is 10.1 Å². The van der Waals surface area contributed by atoms with Crippen LogP contribution in [0, 0.1) is 5.82 Å². The highest BCUT2D eigenvalue weighted by Crippen LogP contribution is 2.49. The summed E-state index contributed by atoms with van der Waals surface area (Å²) in [4.78, 5) is 16.0. The fraction of sp³-hybridized carbons (Fsp3) is 0.481. The molecule has 1 N–H and O–H groups in total. The molecular weight excluding hydrogens is 447 g/mol. The Bertz CT molecular complexity index is 1100. The van der Waals surface area contributed by atoms with Crippen LogP contribution in [0.5, 0.6) is 5.75 Å². The van der Waals surface area contributed by atoms with Gasteiger partial charge in [0, 0.05) is 39.2 Å². The van der Waals surface area contributed by atoms with E-state index in [-0.39, 0.29) is 17.8 Å². The second-order valence-corrected chi connectivity index (χ2v) is 9.73. The predicted octanol–water partition coefficient (Wildman–Crippen LogP) is 3.03. The third-order valence-corrected chi connectivity index (χ3v) is 7.65. The summed E-state index contributed by atoms with van der Waals surface area (Å²) in [5.41, 5.74) is 1.80. The second kappa shape index (κ2) is 9.59. The second-order valence-electron chi connectivity index (χ2n) is 9.73. The number of carbonyl (C=O) groups excluding carboxylic acids is 1. The Morgan fingerprint density at radius 2 is 1.94 bits per heavy atom. The lowest BCUT2D eigenvalue weighted by Crippen LogP contribution is -2.54. The van der Waals surface area contributed by atoms with Gasteiger partial charge in [-0.1, -0.05) is 30.3 Å². The molecular formula is C27H33FN4O3. The van der Waals surface area contributed by atoms with E-state index in [1.165, 1.54) is 12.1 Å². The average molecular weight is 481 g/mol. The zero-order chi connectivity index (χ0) is 24.6. The summed E-state index contributed by atoms with van der Waals surface area (Å²) in [5, 5.41) is 17.7. The molecule has 1 fully saturated rings. The molecule has 3 heterocycles. The van der Waals surface area contributed by atoms with Gasteiger partial charge in [-0.2, -0.15) is 5.10 Å². The zero-order valence-electron chi connectivity index (χ0n) is 20.4. The van der Waals surface area contributed by atoms with Crippen molar-refractivity contribution in [2.24, 2.45) is 5.10 Å². The van der Waals surface area contributed by atoms with Gasteiger partial charge in [-0.3, -0.25) is 14.7 Å². The summed E-state index contributed by atoms with van der Waals surface area (Å²) < 4.78 is 20.3. The number of hydrogen-bond acceptors (Lipinski definition) is 6. The van der Waals surface area contributed by atoms with Crippen molar-refractivity contribution in [3.05, 3.63) is 59.9 Å². The van der Waals surface area contributed by atoms with Crippen molar-refractivity contribution >= 4 is 17.3 Å². The van der Waals surface area contributed by atoms with Gasteiger partial charge in [0.2, 0.25) is 5.91 Å². The van der Waals surface area contributed by atoms with Crippen LogP contribution in [0.1, 0.15) is 32.3 Å². The monoisotopic (exact) mass is 480 g/mol. The lowest BCUT2D eigenvalue weighted by atomic mass is 9.66. The van der Waals surface area contributed by atoms with Crippen LogP contribution in [0.25, 0.3) is 0 Å². The zero-order valence-corrected chi connectivity index (χ0v) is 20.4. The van der Waals surface area contributed by atoms with Crippen molar-refractivity contribution in [1.29, 1.82) is 0 Å². The fourth-order valence-electron chi connectivity index (χ4n) is 5.89. The van der Waals surface area contributed by atoms with E-state index in [1.807, 2.05) is 28.1 Å². The van der Waals surface area contributed by atoms with Crippen molar-refractivity contribution in [3.8, 4) is 5.75 Å². The third kappa shape index (κ3) is 4.29. The fourth-order valence-corrected chi connectivity index (χ4v) is 5.89. The van der Waals surface area contributed by atoms with Crippen LogP contribution in [0.3, 0.4) is 0 Å². The molecule has 3 atom stereocenters. The number of amides is 1. The number of aliphatic hydroxyl groups is 1. The van der Waals surface area contributed by atoms with Crippen molar-refractivity contribution < 1.29 is 19.0 Å². The first-order valence-corrected chi connectivity index (χ1v) is 12.4. The normalized spacial score (nSPS) is 24.9. The minimum Gasteiger partial charge on any atom is -0.489 e. The molecule has 186 valence electrons. The molecule has 3 aliphatic rings. The molecule has 0 unspecified atom stereocenters. The van der Waals surface area contributed by atoms with E-state index in [2.05, 4.69) is 17.0 Å². The number of hydrazone groups is 1. The molecule has 1 amide bonds. The Labute approximate surface area is 205 Å². The molecule has 1 saturated heterocycles. The van der Waals surface area contributed by atoms with Crippen LogP contribution in [-0.4, -0.2) is 78.0 Å². The maximum Gasteiger partial charge on any atom is 0.219 e. The quantitative estimate of drug-likeness (QED) is 0.689. The number of fused-ring (bicyclic) bond motifs is 3. The lowest BCUT2D eigenvalue weighted by molar-refractivity contribution is -0.130. The predicted molar refractivity (Wildman–Crippen MR) is 133 cm³/mol. The first kappa shape index (κ1) is 23.8. The topological polar surface area (TPSA) is 68.6 Å². The molecule has 8 heteroatoms. The Kier molecular flexibility index (Phi) is 6.51. The minimum absolute atomic E-state index is 0.130. The molecule has 2 aromatic carbocycles. The highest BCUT2D eigenvalue weighted by atomic mass is 19.1. The molecule has 7 nitrogen and oxygen atoms in total. The first-order chi connectivity index (χ1) is 16.9. The first-order valence-electron chi connectivity index (χ1n) is 12.4. The number of anilines is 1. The molecule has 0 radical (unpaired) electrons. The molecule has 0 bridgehead atoms. The smallest absolute Gasteiger partial charge is 0.219 e. The van der Waals surface area contributed by atoms with Gasteiger partial charge in [-0.15, -0.1) is 0 Å². The summed E-state index contributed by atoms with van der Waals surface area (Å²) in [6.07, 6.45) is 0.890. The average Bonchev–Trinajstić information content (AvgIpc) is 3.21. The van der Waals surface area contributed by atoms with E-state index in [0.717, 1.165) is 51.1 Å². The molecule has 0 saturated carbocycles.